The lowest BCUT2D eigenvalue weighted by atomic mass is 10.0. The van der Waals surface area contributed by atoms with Crippen LogP contribution in [-0.4, -0.2) is 45.4 Å². The number of benzene rings is 1. The third kappa shape index (κ3) is 3.71. The van der Waals surface area contributed by atoms with E-state index in [0.717, 1.165) is 27.8 Å². The van der Waals surface area contributed by atoms with Gasteiger partial charge in [0.25, 0.3) is 17.7 Å². The van der Waals surface area contributed by atoms with Crippen molar-refractivity contribution in [1.82, 2.24) is 14.8 Å². The zero-order valence-electron chi connectivity index (χ0n) is 16.9. The molecule has 170 valence electrons. The van der Waals surface area contributed by atoms with Gasteiger partial charge in [-0.1, -0.05) is 0 Å². The lowest BCUT2D eigenvalue weighted by Gasteiger charge is -2.34. The van der Waals surface area contributed by atoms with Crippen molar-refractivity contribution in [2.45, 2.75) is 38.3 Å². The number of fused-ring (bicyclic) bond motifs is 4. The van der Waals surface area contributed by atoms with E-state index in [-0.39, 0.29) is 13.1 Å². The summed E-state index contributed by atoms with van der Waals surface area (Å²) in [7, 11) is 0. The molecule has 1 aromatic heterocycles. The summed E-state index contributed by atoms with van der Waals surface area (Å²) in [6, 6.07) is 1.19. The second-order valence-electron chi connectivity index (χ2n) is 8.08. The highest BCUT2D eigenvalue weighted by Crippen LogP contribution is 2.38. The number of rotatable bonds is 3. The molecule has 2 aliphatic rings. The maximum Gasteiger partial charge on any atom is 0.274 e. The van der Waals surface area contributed by atoms with Gasteiger partial charge < -0.3 is 19.9 Å². The molecule has 2 aliphatic heterocycles. The van der Waals surface area contributed by atoms with Crippen LogP contribution in [0.3, 0.4) is 0 Å². The van der Waals surface area contributed by atoms with Crippen molar-refractivity contribution in [2.75, 3.05) is 13.1 Å². The van der Waals surface area contributed by atoms with Crippen LogP contribution in [0.5, 0.6) is 5.75 Å². The third-order valence-electron chi connectivity index (χ3n) is 5.76. The highest BCUT2D eigenvalue weighted by molar-refractivity contribution is 5.99. The molecule has 7 nitrogen and oxygen atoms in total. The number of aromatic nitrogens is 1. The molecule has 0 saturated carbocycles. The van der Waals surface area contributed by atoms with Crippen molar-refractivity contribution in [1.29, 1.82) is 0 Å². The van der Waals surface area contributed by atoms with Crippen LogP contribution < -0.4 is 10.7 Å². The van der Waals surface area contributed by atoms with Crippen LogP contribution in [0, 0.1) is 18.6 Å². The van der Waals surface area contributed by atoms with Gasteiger partial charge in [0.05, 0.1) is 6.04 Å². The van der Waals surface area contributed by atoms with E-state index in [0.29, 0.717) is 5.56 Å². The number of pyridine rings is 1. The fourth-order valence-electron chi connectivity index (χ4n) is 4.12. The van der Waals surface area contributed by atoms with E-state index in [9.17, 15) is 37.1 Å². The van der Waals surface area contributed by atoms with Crippen LogP contribution in [0.25, 0.3) is 0 Å². The van der Waals surface area contributed by atoms with E-state index in [1.54, 1.807) is 0 Å². The fourth-order valence-corrected chi connectivity index (χ4v) is 4.12. The minimum absolute atomic E-state index is 0.0649. The Morgan fingerprint density at radius 2 is 1.91 bits per heavy atom. The van der Waals surface area contributed by atoms with Gasteiger partial charge in [0.15, 0.2) is 11.4 Å². The Morgan fingerprint density at radius 1 is 1.25 bits per heavy atom. The molecule has 11 heteroatoms. The van der Waals surface area contributed by atoms with Crippen molar-refractivity contribution >= 4 is 11.8 Å². The summed E-state index contributed by atoms with van der Waals surface area (Å²) in [5.41, 5.74) is -2.37. The quantitative estimate of drug-likeness (QED) is 0.699. The number of nitrogens with zero attached hydrogens (tertiary/aromatic N) is 2. The van der Waals surface area contributed by atoms with Crippen LogP contribution in [-0.2, 0) is 6.54 Å². The molecule has 1 atom stereocenters. The number of hydrogen-bond donors (Lipinski definition) is 2. The topological polar surface area (TPSA) is 91.6 Å². The summed E-state index contributed by atoms with van der Waals surface area (Å²) in [5, 5.41) is 12.6. The number of carbonyl (C=O) groups excluding carboxylic acids is 2. The summed E-state index contributed by atoms with van der Waals surface area (Å²) in [4.78, 5) is 38.9. The largest absolute Gasteiger partial charge is 0.503 e. The van der Waals surface area contributed by atoms with Gasteiger partial charge in [-0.2, -0.15) is 0 Å². The molecule has 0 spiro atoms. The van der Waals surface area contributed by atoms with Gasteiger partial charge in [0.2, 0.25) is 5.43 Å². The van der Waals surface area contributed by atoms with E-state index in [2.05, 4.69) is 5.32 Å². The van der Waals surface area contributed by atoms with Gasteiger partial charge in [-0.15, -0.1) is 0 Å². The zero-order valence-corrected chi connectivity index (χ0v) is 16.9. The summed E-state index contributed by atoms with van der Waals surface area (Å²) in [5.74, 6) is -7.75. The lowest BCUT2D eigenvalue weighted by molar-refractivity contribution is -0.0202. The van der Waals surface area contributed by atoms with Crippen molar-refractivity contribution in [2.24, 2.45) is 0 Å². The summed E-state index contributed by atoms with van der Waals surface area (Å²) in [6.07, 6.45) is -0.265. The van der Waals surface area contributed by atoms with Crippen LogP contribution in [0.1, 0.15) is 50.9 Å². The predicted octanol–water partition coefficient (Wildman–Crippen LogP) is 2.50. The first-order valence-electron chi connectivity index (χ1n) is 9.86. The summed E-state index contributed by atoms with van der Waals surface area (Å²) >= 11 is 0. The molecule has 3 heterocycles. The number of hydrogen-bond acceptors (Lipinski definition) is 4. The number of aromatic hydroxyl groups is 1. The van der Waals surface area contributed by atoms with Crippen molar-refractivity contribution < 1.29 is 32.3 Å². The summed E-state index contributed by atoms with van der Waals surface area (Å²) < 4.78 is 57.4. The standard InChI is InChI=1S/C21H19F4N3O4/c1-10-4-14(22)12(15(23)5-10)7-26-19(31)13-9-28-11-6-21(24,25)2-3-27(8-11)20(32)16(28)18(30)17(13)29/h4-5,9,11,30H,2-3,6-8H2,1H3,(H,26,31). The Kier molecular flexibility index (Phi) is 5.22. The first kappa shape index (κ1) is 21.8. The van der Waals surface area contributed by atoms with Crippen molar-refractivity contribution in [3.05, 3.63) is 62.6 Å². The minimum atomic E-state index is -3.08. The molecule has 1 unspecified atom stereocenters. The second kappa shape index (κ2) is 7.64. The highest BCUT2D eigenvalue weighted by Gasteiger charge is 2.44. The minimum Gasteiger partial charge on any atom is -0.503 e. The van der Waals surface area contributed by atoms with Crippen LogP contribution >= 0.6 is 0 Å². The first-order chi connectivity index (χ1) is 15.0. The molecule has 2 aromatic rings. The lowest BCUT2D eigenvalue weighted by Crippen LogP contribution is -2.44. The van der Waals surface area contributed by atoms with Crippen LogP contribution in [0.4, 0.5) is 17.6 Å². The molecular weight excluding hydrogens is 434 g/mol. The molecule has 2 bridgehead atoms. The first-order valence-corrected chi connectivity index (χ1v) is 9.86. The van der Waals surface area contributed by atoms with Crippen LogP contribution in [0.15, 0.2) is 23.1 Å². The van der Waals surface area contributed by atoms with E-state index in [1.807, 2.05) is 0 Å². The Labute approximate surface area is 179 Å². The van der Waals surface area contributed by atoms with Gasteiger partial charge in [0, 0.05) is 44.2 Å². The molecule has 32 heavy (non-hydrogen) atoms. The van der Waals surface area contributed by atoms with E-state index in [1.165, 1.54) is 6.92 Å². The highest BCUT2D eigenvalue weighted by atomic mass is 19.3. The Morgan fingerprint density at radius 3 is 2.56 bits per heavy atom. The monoisotopic (exact) mass is 453 g/mol. The smallest absolute Gasteiger partial charge is 0.274 e. The predicted molar refractivity (Wildman–Crippen MR) is 104 cm³/mol. The number of aryl methyl sites for hydroxylation is 1. The molecule has 0 radical (unpaired) electrons. The fraction of sp³-hybridized carbons (Fsp3) is 0.381. The van der Waals surface area contributed by atoms with Crippen molar-refractivity contribution in [3.63, 3.8) is 0 Å². The van der Waals surface area contributed by atoms with E-state index >= 15 is 0 Å². The Hall–Kier alpha value is -3.37. The maximum absolute atomic E-state index is 14.1. The Bertz CT molecular complexity index is 1170. The van der Waals surface area contributed by atoms with E-state index < -0.39 is 82.8 Å². The molecular formula is C21H19F4N3O4. The van der Waals surface area contributed by atoms with Gasteiger partial charge >= 0.3 is 0 Å². The number of halogens is 4. The summed E-state index contributed by atoms with van der Waals surface area (Å²) in [6.45, 7) is 0.605. The number of amides is 2. The van der Waals surface area contributed by atoms with Gasteiger partial charge in [-0.05, 0) is 24.6 Å². The molecule has 1 fully saturated rings. The van der Waals surface area contributed by atoms with Gasteiger partial charge in [-0.3, -0.25) is 14.4 Å². The third-order valence-corrected chi connectivity index (χ3v) is 5.76. The second-order valence-corrected chi connectivity index (χ2v) is 8.08. The van der Waals surface area contributed by atoms with E-state index in [4.69, 9.17) is 0 Å². The molecule has 4 rings (SSSR count). The average molecular weight is 453 g/mol. The molecule has 2 N–H and O–H groups in total. The molecule has 1 aromatic carbocycles. The SMILES string of the molecule is Cc1cc(F)c(CNC(=O)c2cn3c(c(O)c2=O)C(=O)N2CCC(F)(F)CC3C2)c(F)c1. The number of alkyl halides is 2. The molecule has 0 aliphatic carbocycles. The van der Waals surface area contributed by atoms with Gasteiger partial charge in [0.1, 0.15) is 17.2 Å². The van der Waals surface area contributed by atoms with Crippen molar-refractivity contribution in [3.8, 4) is 5.75 Å². The molecule has 1 saturated heterocycles. The Balaban J connectivity index is 1.69. The average Bonchev–Trinajstić information content (AvgIpc) is 2.84. The maximum atomic E-state index is 14.1. The molecule has 2 amide bonds. The van der Waals surface area contributed by atoms with Gasteiger partial charge in [-0.25, -0.2) is 17.6 Å². The van der Waals surface area contributed by atoms with Crippen LogP contribution in [0.2, 0.25) is 0 Å². The number of nitrogens with one attached hydrogen (secondary N) is 1. The number of carbonyl (C=O) groups is 2. The zero-order chi connectivity index (χ0) is 23.4. The normalized spacial score (nSPS) is 19.3.